The molecule has 0 aliphatic carbocycles. The molecule has 0 aliphatic heterocycles. The van der Waals surface area contributed by atoms with Crippen molar-refractivity contribution in [3.8, 4) is 5.88 Å². The number of aromatic nitrogens is 2. The monoisotopic (exact) mass is 338 g/mol. The van der Waals surface area contributed by atoms with Gasteiger partial charge < -0.3 is 20.1 Å². The van der Waals surface area contributed by atoms with Crippen molar-refractivity contribution >= 4 is 30.2 Å². The third kappa shape index (κ3) is 7.45. The van der Waals surface area contributed by atoms with Crippen LogP contribution in [0.5, 0.6) is 5.88 Å². The van der Waals surface area contributed by atoms with Crippen molar-refractivity contribution < 1.29 is 14.6 Å². The minimum Gasteiger partial charge on any atom is -0.473 e. The summed E-state index contributed by atoms with van der Waals surface area (Å²) in [5, 5.41) is 12.8. The summed E-state index contributed by atoms with van der Waals surface area (Å²) in [4.78, 5) is 13.6. The van der Waals surface area contributed by atoms with Gasteiger partial charge >= 0.3 is 6.03 Å². The van der Waals surface area contributed by atoms with Crippen molar-refractivity contribution in [2.45, 2.75) is 45.9 Å². The maximum atomic E-state index is 12.0. The Morgan fingerprint density at radius 3 is 2.62 bits per heavy atom. The summed E-state index contributed by atoms with van der Waals surface area (Å²) in [5.74, 6) is 0.386. The molecule has 9 heteroatoms. The first-order chi connectivity index (χ1) is 9.40. The van der Waals surface area contributed by atoms with Crippen LogP contribution in [0, 0.1) is 0 Å². The molecule has 0 bridgehead atoms. The van der Waals surface area contributed by atoms with Gasteiger partial charge in [-0.25, -0.2) is 4.79 Å². The highest BCUT2D eigenvalue weighted by atomic mass is 35.5. The predicted molar refractivity (Wildman–Crippen MR) is 84.2 cm³/mol. The number of urea groups is 1. The standard InChI is InChI=1S/C12H22N4O3S.ClH/c1-8(2)14-12(18)16(9(3)4)6-10(17)7-19-11-5-13-20-15-11;/h5,8-10,17H,6-7H2,1-4H3,(H,14,18);1H. The Hall–Kier alpha value is -1.12. The van der Waals surface area contributed by atoms with Crippen molar-refractivity contribution in [3.05, 3.63) is 6.20 Å². The fourth-order valence-electron chi connectivity index (χ4n) is 1.54. The van der Waals surface area contributed by atoms with E-state index in [1.807, 2.05) is 27.7 Å². The third-order valence-corrected chi connectivity index (χ3v) is 2.93. The molecule has 2 amide bonds. The zero-order chi connectivity index (χ0) is 15.1. The molecule has 0 aromatic carbocycles. The zero-order valence-electron chi connectivity index (χ0n) is 12.6. The van der Waals surface area contributed by atoms with Gasteiger partial charge in [-0.05, 0) is 27.7 Å². The predicted octanol–water partition coefficient (Wildman–Crippen LogP) is 1.53. The molecule has 1 unspecified atom stereocenters. The minimum absolute atomic E-state index is 0. The number of nitrogens with one attached hydrogen (secondary N) is 1. The summed E-state index contributed by atoms with van der Waals surface area (Å²) in [6.45, 7) is 7.86. The number of hydrogen-bond acceptors (Lipinski definition) is 6. The Morgan fingerprint density at radius 1 is 1.48 bits per heavy atom. The number of hydrogen-bond donors (Lipinski definition) is 2. The molecule has 0 radical (unpaired) electrons. The summed E-state index contributed by atoms with van der Waals surface area (Å²) in [6, 6.07) is -0.146. The van der Waals surface area contributed by atoms with E-state index < -0.39 is 6.10 Å². The molecule has 21 heavy (non-hydrogen) atoms. The summed E-state index contributed by atoms with van der Waals surface area (Å²) in [5.41, 5.74) is 0. The van der Waals surface area contributed by atoms with Crippen molar-refractivity contribution in [1.82, 2.24) is 19.0 Å². The number of rotatable bonds is 7. The summed E-state index contributed by atoms with van der Waals surface area (Å²) in [7, 11) is 0. The average molecular weight is 339 g/mol. The van der Waals surface area contributed by atoms with Crippen LogP contribution >= 0.6 is 24.1 Å². The zero-order valence-corrected chi connectivity index (χ0v) is 14.3. The Bertz CT molecular complexity index is 403. The second-order valence-corrected chi connectivity index (χ2v) is 5.62. The van der Waals surface area contributed by atoms with Gasteiger partial charge in [0, 0.05) is 12.1 Å². The van der Waals surface area contributed by atoms with Gasteiger partial charge in [0.1, 0.15) is 18.9 Å². The van der Waals surface area contributed by atoms with E-state index in [-0.39, 0.29) is 43.7 Å². The van der Waals surface area contributed by atoms with Crippen LogP contribution in [0.2, 0.25) is 0 Å². The molecule has 1 heterocycles. The van der Waals surface area contributed by atoms with E-state index in [9.17, 15) is 9.90 Å². The van der Waals surface area contributed by atoms with Gasteiger partial charge in [-0.1, -0.05) is 0 Å². The van der Waals surface area contributed by atoms with E-state index in [0.717, 1.165) is 11.7 Å². The van der Waals surface area contributed by atoms with Gasteiger partial charge in [0.05, 0.1) is 18.3 Å². The first-order valence-corrected chi connectivity index (χ1v) is 7.28. The lowest BCUT2D eigenvalue weighted by Gasteiger charge is -2.29. The minimum atomic E-state index is -0.781. The number of ether oxygens (including phenoxy) is 1. The molecule has 1 atom stereocenters. The van der Waals surface area contributed by atoms with Crippen LogP contribution < -0.4 is 10.1 Å². The van der Waals surface area contributed by atoms with Crippen molar-refractivity contribution in [2.24, 2.45) is 0 Å². The summed E-state index contributed by atoms with van der Waals surface area (Å²) in [6.07, 6.45) is 0.709. The van der Waals surface area contributed by atoms with E-state index in [2.05, 4.69) is 14.1 Å². The number of aliphatic hydroxyl groups is 1. The Labute approximate surface area is 135 Å². The average Bonchev–Trinajstić information content (AvgIpc) is 2.85. The molecule has 0 fully saturated rings. The molecule has 2 N–H and O–H groups in total. The normalized spacial score (nSPS) is 12.0. The molecule has 0 saturated carbocycles. The summed E-state index contributed by atoms with van der Waals surface area (Å²) < 4.78 is 13.0. The SMILES string of the molecule is CC(C)NC(=O)N(CC(O)COc1cnsn1)C(C)C.Cl. The second-order valence-electron chi connectivity index (χ2n) is 5.06. The molecule has 0 aliphatic rings. The molecular formula is C12H23ClN4O3S. The highest BCUT2D eigenvalue weighted by molar-refractivity contribution is 6.99. The van der Waals surface area contributed by atoms with Gasteiger partial charge in [-0.2, -0.15) is 4.37 Å². The topological polar surface area (TPSA) is 87.6 Å². The van der Waals surface area contributed by atoms with Crippen LogP contribution in [0.4, 0.5) is 4.79 Å². The molecule has 1 aromatic rings. The number of carbonyl (C=O) groups excluding carboxylic acids is 1. The number of halogens is 1. The van der Waals surface area contributed by atoms with E-state index in [4.69, 9.17) is 4.74 Å². The molecule has 1 rings (SSSR count). The number of amides is 2. The van der Waals surface area contributed by atoms with Gasteiger partial charge in [0.2, 0.25) is 5.88 Å². The lowest BCUT2D eigenvalue weighted by Crippen LogP contribution is -2.50. The molecular weight excluding hydrogens is 316 g/mol. The lowest BCUT2D eigenvalue weighted by atomic mass is 10.2. The van der Waals surface area contributed by atoms with E-state index in [1.165, 1.54) is 6.20 Å². The molecule has 0 spiro atoms. The van der Waals surface area contributed by atoms with Crippen LogP contribution in [0.1, 0.15) is 27.7 Å². The van der Waals surface area contributed by atoms with Crippen molar-refractivity contribution in [3.63, 3.8) is 0 Å². The quantitative estimate of drug-likeness (QED) is 0.787. The van der Waals surface area contributed by atoms with Crippen molar-refractivity contribution in [1.29, 1.82) is 0 Å². The van der Waals surface area contributed by atoms with Crippen LogP contribution in [0.25, 0.3) is 0 Å². The van der Waals surface area contributed by atoms with Gasteiger partial charge in [-0.3, -0.25) is 0 Å². The van der Waals surface area contributed by atoms with Crippen LogP contribution in [-0.4, -0.2) is 56.1 Å². The third-order valence-electron chi connectivity index (χ3n) is 2.47. The first kappa shape index (κ1) is 19.9. The van der Waals surface area contributed by atoms with Crippen LogP contribution in [-0.2, 0) is 0 Å². The van der Waals surface area contributed by atoms with E-state index >= 15 is 0 Å². The number of carbonyl (C=O) groups is 1. The maximum absolute atomic E-state index is 12.0. The molecule has 7 nitrogen and oxygen atoms in total. The Balaban J connectivity index is 0.00000400. The smallest absolute Gasteiger partial charge is 0.317 e. The fraction of sp³-hybridized carbons (Fsp3) is 0.750. The van der Waals surface area contributed by atoms with E-state index in [0.29, 0.717) is 5.88 Å². The van der Waals surface area contributed by atoms with Crippen LogP contribution in [0.3, 0.4) is 0 Å². The lowest BCUT2D eigenvalue weighted by molar-refractivity contribution is 0.0673. The van der Waals surface area contributed by atoms with Gasteiger partial charge in [-0.15, -0.1) is 16.8 Å². The molecule has 122 valence electrons. The first-order valence-electron chi connectivity index (χ1n) is 6.55. The van der Waals surface area contributed by atoms with Crippen LogP contribution in [0.15, 0.2) is 6.20 Å². The Kier molecular flexibility index (Phi) is 9.23. The second kappa shape index (κ2) is 9.75. The number of aliphatic hydroxyl groups excluding tert-OH is 1. The van der Waals surface area contributed by atoms with Gasteiger partial charge in [0.25, 0.3) is 0 Å². The van der Waals surface area contributed by atoms with Crippen molar-refractivity contribution in [2.75, 3.05) is 13.2 Å². The summed E-state index contributed by atoms with van der Waals surface area (Å²) >= 11 is 1.04. The largest absolute Gasteiger partial charge is 0.473 e. The van der Waals surface area contributed by atoms with Gasteiger partial charge in [0.15, 0.2) is 0 Å². The maximum Gasteiger partial charge on any atom is 0.317 e. The number of nitrogens with zero attached hydrogens (tertiary/aromatic N) is 3. The highest BCUT2D eigenvalue weighted by Crippen LogP contribution is 2.07. The Morgan fingerprint density at radius 2 is 2.14 bits per heavy atom. The fourth-order valence-corrected chi connectivity index (χ4v) is 1.90. The van der Waals surface area contributed by atoms with E-state index in [1.54, 1.807) is 4.90 Å². The molecule has 1 aromatic heterocycles. The highest BCUT2D eigenvalue weighted by Gasteiger charge is 2.21. The molecule has 0 saturated heterocycles.